The standard InChI is InChI=1S/C15H19FN2S/c1-15(2,3)13-9-19-14(18-13)7-11-6-12(16)5-4-10(11)8-17/h4-6,9H,7-8,17H2,1-3H3. The monoisotopic (exact) mass is 278 g/mol. The second-order valence-electron chi connectivity index (χ2n) is 5.67. The minimum atomic E-state index is -0.222. The Kier molecular flexibility index (Phi) is 4.02. The highest BCUT2D eigenvalue weighted by atomic mass is 32.1. The summed E-state index contributed by atoms with van der Waals surface area (Å²) in [7, 11) is 0. The SMILES string of the molecule is CC(C)(C)c1csc(Cc2cc(F)ccc2CN)n1. The first-order valence-electron chi connectivity index (χ1n) is 6.32. The van der Waals surface area contributed by atoms with Crippen LogP contribution in [-0.2, 0) is 18.4 Å². The molecule has 0 unspecified atom stereocenters. The Morgan fingerprint density at radius 1 is 1.26 bits per heavy atom. The zero-order chi connectivity index (χ0) is 14.0. The van der Waals surface area contributed by atoms with Crippen molar-refractivity contribution in [1.82, 2.24) is 4.98 Å². The normalized spacial score (nSPS) is 11.8. The molecule has 4 heteroatoms. The molecule has 102 valence electrons. The molecule has 1 aromatic heterocycles. The summed E-state index contributed by atoms with van der Waals surface area (Å²) in [6.45, 7) is 6.84. The van der Waals surface area contributed by atoms with Crippen LogP contribution in [0.15, 0.2) is 23.6 Å². The lowest BCUT2D eigenvalue weighted by Crippen LogP contribution is -2.11. The largest absolute Gasteiger partial charge is 0.326 e. The first-order chi connectivity index (χ1) is 8.90. The van der Waals surface area contributed by atoms with Crippen LogP contribution >= 0.6 is 11.3 Å². The van der Waals surface area contributed by atoms with Crippen molar-refractivity contribution in [2.45, 2.75) is 39.2 Å². The van der Waals surface area contributed by atoms with E-state index in [0.717, 1.165) is 21.8 Å². The van der Waals surface area contributed by atoms with Crippen LogP contribution in [0, 0.1) is 5.82 Å². The van der Waals surface area contributed by atoms with Crippen LogP contribution in [0.4, 0.5) is 4.39 Å². The minimum Gasteiger partial charge on any atom is -0.326 e. The molecule has 0 bridgehead atoms. The van der Waals surface area contributed by atoms with Crippen molar-refractivity contribution in [3.05, 3.63) is 51.2 Å². The molecule has 2 aromatic rings. The van der Waals surface area contributed by atoms with Gasteiger partial charge in [-0.05, 0) is 23.3 Å². The Bertz CT molecular complexity index is 570. The molecular formula is C15H19FN2S. The van der Waals surface area contributed by atoms with Gasteiger partial charge in [0.1, 0.15) is 5.82 Å². The van der Waals surface area contributed by atoms with Crippen molar-refractivity contribution in [2.75, 3.05) is 0 Å². The van der Waals surface area contributed by atoms with E-state index in [2.05, 4.69) is 31.1 Å². The maximum atomic E-state index is 13.3. The molecule has 2 nitrogen and oxygen atoms in total. The molecule has 0 aliphatic rings. The maximum Gasteiger partial charge on any atom is 0.123 e. The minimum absolute atomic E-state index is 0.0490. The molecule has 1 heterocycles. The third-order valence-electron chi connectivity index (χ3n) is 3.05. The molecule has 0 radical (unpaired) electrons. The first kappa shape index (κ1) is 14.2. The van der Waals surface area contributed by atoms with Crippen molar-refractivity contribution in [2.24, 2.45) is 5.73 Å². The second-order valence-corrected chi connectivity index (χ2v) is 6.61. The van der Waals surface area contributed by atoms with Gasteiger partial charge < -0.3 is 5.73 Å². The van der Waals surface area contributed by atoms with Crippen LogP contribution in [0.3, 0.4) is 0 Å². The summed E-state index contributed by atoms with van der Waals surface area (Å²) in [6.07, 6.45) is 0.644. The molecule has 0 atom stereocenters. The van der Waals surface area contributed by atoms with E-state index in [1.54, 1.807) is 23.5 Å². The second kappa shape index (κ2) is 5.39. The lowest BCUT2D eigenvalue weighted by molar-refractivity contribution is 0.571. The van der Waals surface area contributed by atoms with E-state index in [9.17, 15) is 4.39 Å². The van der Waals surface area contributed by atoms with E-state index in [0.29, 0.717) is 13.0 Å². The van der Waals surface area contributed by atoms with E-state index in [1.165, 1.54) is 6.07 Å². The van der Waals surface area contributed by atoms with Crippen LogP contribution in [0.2, 0.25) is 0 Å². The third kappa shape index (κ3) is 3.39. The lowest BCUT2D eigenvalue weighted by atomic mass is 9.93. The zero-order valence-electron chi connectivity index (χ0n) is 11.5. The Morgan fingerprint density at radius 3 is 2.58 bits per heavy atom. The van der Waals surface area contributed by atoms with Gasteiger partial charge in [-0.15, -0.1) is 11.3 Å². The third-order valence-corrected chi connectivity index (χ3v) is 3.90. The number of aromatic nitrogens is 1. The maximum absolute atomic E-state index is 13.3. The van der Waals surface area contributed by atoms with Crippen LogP contribution in [0.1, 0.15) is 42.6 Å². The van der Waals surface area contributed by atoms with E-state index >= 15 is 0 Å². The summed E-state index contributed by atoms with van der Waals surface area (Å²) >= 11 is 1.62. The fourth-order valence-electron chi connectivity index (χ4n) is 1.86. The van der Waals surface area contributed by atoms with E-state index in [1.807, 2.05) is 0 Å². The van der Waals surface area contributed by atoms with Crippen molar-refractivity contribution >= 4 is 11.3 Å². The predicted molar refractivity (Wildman–Crippen MR) is 77.9 cm³/mol. The number of benzene rings is 1. The summed E-state index contributed by atoms with van der Waals surface area (Å²) in [5.74, 6) is -0.222. The Hall–Kier alpha value is -1.26. The van der Waals surface area contributed by atoms with Gasteiger partial charge in [0.05, 0.1) is 10.7 Å². The first-order valence-corrected chi connectivity index (χ1v) is 7.20. The molecule has 0 fully saturated rings. The number of thiazole rings is 1. The number of nitrogens with two attached hydrogens (primary N) is 1. The molecule has 1 aromatic carbocycles. The fraction of sp³-hybridized carbons (Fsp3) is 0.400. The molecule has 2 N–H and O–H groups in total. The molecule has 0 saturated carbocycles. The Labute approximate surface area is 117 Å². The van der Waals surface area contributed by atoms with Gasteiger partial charge >= 0.3 is 0 Å². The van der Waals surface area contributed by atoms with E-state index in [4.69, 9.17) is 5.73 Å². The highest BCUT2D eigenvalue weighted by molar-refractivity contribution is 7.09. The molecule has 0 saturated heterocycles. The molecule has 0 aliphatic heterocycles. The highest BCUT2D eigenvalue weighted by Crippen LogP contribution is 2.25. The van der Waals surface area contributed by atoms with Crippen molar-refractivity contribution in [1.29, 1.82) is 0 Å². The summed E-state index contributed by atoms with van der Waals surface area (Å²) < 4.78 is 13.3. The Morgan fingerprint density at radius 2 is 2.00 bits per heavy atom. The highest BCUT2D eigenvalue weighted by Gasteiger charge is 2.17. The summed E-state index contributed by atoms with van der Waals surface area (Å²) in [5, 5.41) is 3.08. The van der Waals surface area contributed by atoms with Gasteiger partial charge in [0, 0.05) is 23.8 Å². The van der Waals surface area contributed by atoms with Crippen molar-refractivity contribution < 1.29 is 4.39 Å². The van der Waals surface area contributed by atoms with Gasteiger partial charge in [0.25, 0.3) is 0 Å². The molecular weight excluding hydrogens is 259 g/mol. The quantitative estimate of drug-likeness (QED) is 0.931. The average molecular weight is 278 g/mol. The number of nitrogens with zero attached hydrogens (tertiary/aromatic N) is 1. The van der Waals surface area contributed by atoms with Crippen molar-refractivity contribution in [3.63, 3.8) is 0 Å². The van der Waals surface area contributed by atoms with Gasteiger partial charge in [-0.3, -0.25) is 0 Å². The van der Waals surface area contributed by atoms with E-state index < -0.39 is 0 Å². The molecule has 0 spiro atoms. The van der Waals surface area contributed by atoms with Crippen LogP contribution in [0.5, 0.6) is 0 Å². The number of hydrogen-bond donors (Lipinski definition) is 1. The lowest BCUT2D eigenvalue weighted by Gasteiger charge is -2.14. The van der Waals surface area contributed by atoms with Gasteiger partial charge in [-0.2, -0.15) is 0 Å². The zero-order valence-corrected chi connectivity index (χ0v) is 12.4. The fourth-order valence-corrected chi connectivity index (χ4v) is 2.90. The number of hydrogen-bond acceptors (Lipinski definition) is 3. The van der Waals surface area contributed by atoms with Gasteiger partial charge in [0.15, 0.2) is 0 Å². The summed E-state index contributed by atoms with van der Waals surface area (Å²) in [4.78, 5) is 4.64. The molecule has 0 aliphatic carbocycles. The van der Waals surface area contributed by atoms with Gasteiger partial charge in [0.2, 0.25) is 0 Å². The van der Waals surface area contributed by atoms with Crippen molar-refractivity contribution in [3.8, 4) is 0 Å². The van der Waals surface area contributed by atoms with Crippen LogP contribution in [0.25, 0.3) is 0 Å². The van der Waals surface area contributed by atoms with Crippen LogP contribution in [-0.4, -0.2) is 4.98 Å². The summed E-state index contributed by atoms with van der Waals surface area (Å²) in [6, 6.07) is 4.76. The number of rotatable bonds is 3. The number of halogens is 1. The summed E-state index contributed by atoms with van der Waals surface area (Å²) in [5.41, 5.74) is 8.73. The predicted octanol–water partition coefficient (Wildman–Crippen LogP) is 3.63. The Balaban J connectivity index is 2.26. The molecule has 2 rings (SSSR count). The van der Waals surface area contributed by atoms with Gasteiger partial charge in [-0.1, -0.05) is 26.8 Å². The smallest absolute Gasteiger partial charge is 0.123 e. The molecule has 19 heavy (non-hydrogen) atoms. The van der Waals surface area contributed by atoms with Gasteiger partial charge in [-0.25, -0.2) is 9.37 Å². The average Bonchev–Trinajstić information content (AvgIpc) is 2.77. The molecule has 0 amide bonds. The van der Waals surface area contributed by atoms with E-state index in [-0.39, 0.29) is 11.2 Å². The van der Waals surface area contributed by atoms with Crippen LogP contribution < -0.4 is 5.73 Å². The topological polar surface area (TPSA) is 38.9 Å².